The molecule has 0 bridgehead atoms. The Hall–Kier alpha value is -1.28. The maximum Gasteiger partial charge on any atom is 0.155 e. The zero-order valence-electron chi connectivity index (χ0n) is 16.9. The van der Waals surface area contributed by atoms with E-state index in [1.54, 1.807) is 11.0 Å². The van der Waals surface area contributed by atoms with Gasteiger partial charge in [-0.1, -0.05) is 67.6 Å². The van der Waals surface area contributed by atoms with Crippen LogP contribution in [0.3, 0.4) is 0 Å². The normalized spacial score (nSPS) is 13.8. The molecule has 0 saturated carbocycles. The van der Waals surface area contributed by atoms with Gasteiger partial charge in [-0.15, -0.1) is 0 Å². The molecule has 0 spiro atoms. The van der Waals surface area contributed by atoms with Crippen molar-refractivity contribution in [3.05, 3.63) is 52.6 Å². The van der Waals surface area contributed by atoms with E-state index in [-0.39, 0.29) is 0 Å². The van der Waals surface area contributed by atoms with Crippen LogP contribution in [0.5, 0.6) is 0 Å². The molecule has 0 N–H and O–H groups in total. The van der Waals surface area contributed by atoms with Gasteiger partial charge in [0.05, 0.1) is 0 Å². The van der Waals surface area contributed by atoms with Crippen LogP contribution in [0.2, 0.25) is 6.82 Å². The lowest BCUT2D eigenvalue weighted by molar-refractivity contribution is 0.455. The number of benzene rings is 1. The maximum absolute atomic E-state index is 2.44. The van der Waals surface area contributed by atoms with Crippen molar-refractivity contribution in [2.75, 3.05) is 20.6 Å². The molecule has 0 aliphatic carbocycles. The smallest absolute Gasteiger partial charge is 0.155 e. The summed E-state index contributed by atoms with van der Waals surface area (Å²) in [6, 6.07) is 4.64. The molecule has 2 heteroatoms. The highest BCUT2D eigenvalue weighted by Crippen LogP contribution is 2.28. The van der Waals surface area contributed by atoms with Gasteiger partial charge in [-0.25, -0.2) is 0 Å². The van der Waals surface area contributed by atoms with Crippen LogP contribution in [0.1, 0.15) is 56.2 Å². The predicted molar refractivity (Wildman–Crippen MR) is 112 cm³/mol. The molecular weight excluding hydrogens is 289 g/mol. The average molecular weight is 325 g/mol. The molecule has 0 radical (unpaired) electrons. The van der Waals surface area contributed by atoms with Crippen molar-refractivity contribution >= 4 is 12.7 Å². The Kier molecular flexibility index (Phi) is 9.14. The van der Waals surface area contributed by atoms with E-state index in [0.717, 1.165) is 33.1 Å². The highest BCUT2D eigenvalue weighted by Gasteiger charge is 2.17. The second-order valence-electron chi connectivity index (χ2n) is 7.10. The summed E-state index contributed by atoms with van der Waals surface area (Å²) in [4.78, 5) is 2.22. The molecular formula is C22H36BN. The Morgan fingerprint density at radius 1 is 1.25 bits per heavy atom. The Bertz CT molecular complexity index is 570. The van der Waals surface area contributed by atoms with Crippen molar-refractivity contribution in [2.24, 2.45) is 0 Å². The first-order valence-electron chi connectivity index (χ1n) is 9.52. The first-order chi connectivity index (χ1) is 11.4. The molecule has 132 valence electrons. The van der Waals surface area contributed by atoms with E-state index in [4.69, 9.17) is 0 Å². The predicted octanol–water partition coefficient (Wildman–Crippen LogP) is 4.62. The lowest BCUT2D eigenvalue weighted by Crippen LogP contribution is -2.25. The molecule has 0 aromatic heterocycles. The second-order valence-corrected chi connectivity index (χ2v) is 7.10. The lowest BCUT2D eigenvalue weighted by atomic mass is 9.64. The van der Waals surface area contributed by atoms with Gasteiger partial charge in [-0.05, 0) is 58.3 Å². The average Bonchev–Trinajstić information content (AvgIpc) is 2.53. The maximum atomic E-state index is 2.44. The minimum atomic E-state index is 0.481. The summed E-state index contributed by atoms with van der Waals surface area (Å²) >= 11 is 0. The zero-order valence-corrected chi connectivity index (χ0v) is 16.9. The topological polar surface area (TPSA) is 3.24 Å². The van der Waals surface area contributed by atoms with Gasteiger partial charge in [0, 0.05) is 12.5 Å². The third-order valence-electron chi connectivity index (χ3n) is 4.71. The summed E-state index contributed by atoms with van der Waals surface area (Å²) in [6.45, 7) is 12.3. The van der Waals surface area contributed by atoms with E-state index in [1.165, 1.54) is 16.7 Å². The fraction of sp³-hybridized carbons (Fsp3) is 0.545. The van der Waals surface area contributed by atoms with Crippen molar-refractivity contribution in [1.82, 2.24) is 4.90 Å². The number of hydrogen-bond acceptors (Lipinski definition) is 1. The van der Waals surface area contributed by atoms with Gasteiger partial charge < -0.3 is 4.90 Å². The van der Waals surface area contributed by atoms with E-state index >= 15 is 0 Å². The van der Waals surface area contributed by atoms with Crippen LogP contribution in [0.25, 0.3) is 0 Å². The monoisotopic (exact) mass is 325 g/mol. The summed E-state index contributed by atoms with van der Waals surface area (Å²) in [5.41, 5.74) is 7.59. The van der Waals surface area contributed by atoms with Crippen LogP contribution in [-0.4, -0.2) is 32.8 Å². The summed E-state index contributed by atoms with van der Waals surface area (Å²) in [5.74, 6) is 0.481. The summed E-state index contributed by atoms with van der Waals surface area (Å²) in [7, 11) is 5.37. The largest absolute Gasteiger partial charge is 0.306 e. The Balaban J connectivity index is 3.31. The Labute approximate surface area is 151 Å². The number of aryl methyl sites for hydroxylation is 2. The van der Waals surface area contributed by atoms with Gasteiger partial charge >= 0.3 is 0 Å². The van der Waals surface area contributed by atoms with E-state index in [0.29, 0.717) is 5.92 Å². The van der Waals surface area contributed by atoms with Crippen molar-refractivity contribution in [2.45, 2.75) is 59.7 Å². The van der Waals surface area contributed by atoms with Crippen molar-refractivity contribution in [3.63, 3.8) is 0 Å². The van der Waals surface area contributed by atoms with Crippen LogP contribution < -0.4 is 5.46 Å². The van der Waals surface area contributed by atoms with Gasteiger partial charge in [0.2, 0.25) is 0 Å². The molecule has 0 aliphatic heterocycles. The van der Waals surface area contributed by atoms with E-state index in [1.807, 2.05) is 0 Å². The van der Waals surface area contributed by atoms with Crippen molar-refractivity contribution in [1.29, 1.82) is 0 Å². The van der Waals surface area contributed by atoms with Gasteiger partial charge in [0.1, 0.15) is 0 Å². The third-order valence-corrected chi connectivity index (χ3v) is 4.71. The molecule has 0 amide bonds. The minimum absolute atomic E-state index is 0.481. The van der Waals surface area contributed by atoms with Gasteiger partial charge in [-0.3, -0.25) is 0 Å². The third kappa shape index (κ3) is 5.98. The molecule has 24 heavy (non-hydrogen) atoms. The number of likely N-dealkylation sites (N-methyl/N-ethyl adjacent to an activating group) is 1. The SMILES string of the molecule is CBc1c(CC)ccc(C)c1C(C=CCN(C)C)C/C(C)=C\CC. The molecule has 1 atom stereocenters. The van der Waals surface area contributed by atoms with Gasteiger partial charge in [0.15, 0.2) is 7.28 Å². The van der Waals surface area contributed by atoms with Crippen LogP contribution >= 0.6 is 0 Å². The van der Waals surface area contributed by atoms with Gasteiger partial charge in [0.25, 0.3) is 0 Å². The molecule has 1 unspecified atom stereocenters. The summed E-state index contributed by atoms with van der Waals surface area (Å²) < 4.78 is 0. The number of rotatable bonds is 9. The van der Waals surface area contributed by atoms with Crippen LogP contribution in [0.15, 0.2) is 35.9 Å². The quantitative estimate of drug-likeness (QED) is 0.473. The molecule has 1 rings (SSSR count). The molecule has 1 aromatic rings. The van der Waals surface area contributed by atoms with Crippen LogP contribution in [-0.2, 0) is 6.42 Å². The number of hydrogen-bond donors (Lipinski definition) is 0. The van der Waals surface area contributed by atoms with Crippen molar-refractivity contribution in [3.8, 4) is 0 Å². The molecule has 0 heterocycles. The molecule has 0 aliphatic rings. The fourth-order valence-corrected chi connectivity index (χ4v) is 3.57. The van der Waals surface area contributed by atoms with E-state index < -0.39 is 0 Å². The Morgan fingerprint density at radius 2 is 1.96 bits per heavy atom. The Morgan fingerprint density at radius 3 is 2.50 bits per heavy atom. The first kappa shape index (κ1) is 20.8. The van der Waals surface area contributed by atoms with Crippen LogP contribution in [0, 0.1) is 6.92 Å². The van der Waals surface area contributed by atoms with Crippen LogP contribution in [0.4, 0.5) is 0 Å². The van der Waals surface area contributed by atoms with Crippen molar-refractivity contribution < 1.29 is 0 Å². The summed E-state index contributed by atoms with van der Waals surface area (Å²) in [5, 5.41) is 0. The number of nitrogens with zero attached hydrogens (tertiary/aromatic N) is 1. The molecule has 0 fully saturated rings. The second kappa shape index (κ2) is 10.6. The number of allylic oxidation sites excluding steroid dienone is 3. The lowest BCUT2D eigenvalue weighted by Gasteiger charge is -2.23. The van der Waals surface area contributed by atoms with Gasteiger partial charge in [-0.2, -0.15) is 0 Å². The molecule has 1 nitrogen and oxygen atoms in total. The highest BCUT2D eigenvalue weighted by molar-refractivity contribution is 6.53. The van der Waals surface area contributed by atoms with E-state index in [9.17, 15) is 0 Å². The first-order valence-corrected chi connectivity index (χ1v) is 9.52. The standard InChI is InChI=1S/C22H36BN/c1-8-11-17(3)16-20(12-10-15-24(6)7)21-18(4)13-14-19(9-2)22(21)23-5/h10-14,20,23H,8-9,15-16H2,1-7H3/b12-10?,17-11-. The highest BCUT2D eigenvalue weighted by atomic mass is 15.0. The molecule has 1 aromatic carbocycles. The van der Waals surface area contributed by atoms with E-state index in [2.05, 4.69) is 83.9 Å². The summed E-state index contributed by atoms with van der Waals surface area (Å²) in [6.07, 6.45) is 10.5. The minimum Gasteiger partial charge on any atom is -0.306 e. The fourth-order valence-electron chi connectivity index (χ4n) is 3.57. The zero-order chi connectivity index (χ0) is 18.1. The molecule has 0 saturated heterocycles.